The van der Waals surface area contributed by atoms with Crippen LogP contribution in [0.2, 0.25) is 0 Å². The third kappa shape index (κ3) is 5.72. The van der Waals surface area contributed by atoms with Crippen molar-refractivity contribution in [3.8, 4) is 0 Å². The first-order chi connectivity index (χ1) is 12.2. The summed E-state index contributed by atoms with van der Waals surface area (Å²) >= 11 is 6.43. The number of hydrogen-bond acceptors (Lipinski definition) is 3. The first-order valence-corrected chi connectivity index (χ1v) is 10.4. The van der Waals surface area contributed by atoms with Gasteiger partial charge in [0.1, 0.15) is 5.17 Å². The lowest BCUT2D eigenvalue weighted by molar-refractivity contribution is 0.115. The van der Waals surface area contributed by atoms with Gasteiger partial charge < -0.3 is 10.6 Å². The molecule has 0 atom stereocenters. The second-order valence-corrected chi connectivity index (χ2v) is 8.17. The van der Waals surface area contributed by atoms with Crippen molar-refractivity contribution in [3.63, 3.8) is 0 Å². The number of piperidine rings is 1. The predicted octanol–water partition coefficient (Wildman–Crippen LogP) is 5.75. The van der Waals surface area contributed by atoms with Gasteiger partial charge in [0.2, 0.25) is 0 Å². The van der Waals surface area contributed by atoms with E-state index in [0.29, 0.717) is 16.8 Å². The van der Waals surface area contributed by atoms with Crippen molar-refractivity contribution in [2.45, 2.75) is 70.3 Å². The minimum atomic E-state index is 0.658. The first-order valence-electron chi connectivity index (χ1n) is 10.0. The maximum atomic E-state index is 6.43. The average molecular weight is 362 g/mol. The Morgan fingerprint density at radius 2 is 1.64 bits per heavy atom. The lowest BCUT2D eigenvalue weighted by Gasteiger charge is -2.38. The van der Waals surface area contributed by atoms with Crippen LogP contribution in [0.15, 0.2) is 29.3 Å². The van der Waals surface area contributed by atoms with Crippen molar-refractivity contribution in [2.24, 2.45) is 10.9 Å². The van der Waals surface area contributed by atoms with E-state index in [-0.39, 0.29) is 0 Å². The fourth-order valence-corrected chi connectivity index (χ4v) is 4.64. The van der Waals surface area contributed by atoms with E-state index in [0.717, 1.165) is 18.2 Å². The normalized spacial score (nSPS) is 22.5. The van der Waals surface area contributed by atoms with Crippen LogP contribution in [0.3, 0.4) is 0 Å². The van der Waals surface area contributed by atoms with Gasteiger partial charge in [-0.25, -0.2) is 4.99 Å². The summed E-state index contributed by atoms with van der Waals surface area (Å²) in [7, 11) is 0. The molecule has 2 N–H and O–H groups in total. The van der Waals surface area contributed by atoms with Gasteiger partial charge in [0.05, 0.1) is 11.4 Å². The molecule has 4 heteroatoms. The van der Waals surface area contributed by atoms with E-state index in [4.69, 9.17) is 17.3 Å². The third-order valence-electron chi connectivity index (χ3n) is 5.88. The molecule has 0 radical (unpaired) electrons. The van der Waals surface area contributed by atoms with Crippen LogP contribution in [0.25, 0.3) is 0 Å². The standard InChI is InChI=1S/C21H32ClN3/c22-21(24-20-11-7-6-10-19(20)23)16-17-12-14-25(15-13-17)18-8-4-2-1-3-5-9-18/h6-7,10-11,17-18H,1-5,8-9,12-16,23H2. The Morgan fingerprint density at radius 3 is 2.32 bits per heavy atom. The zero-order valence-electron chi connectivity index (χ0n) is 15.3. The van der Waals surface area contributed by atoms with Gasteiger partial charge in [-0.3, -0.25) is 0 Å². The summed E-state index contributed by atoms with van der Waals surface area (Å²) in [6.07, 6.45) is 13.3. The summed E-state index contributed by atoms with van der Waals surface area (Å²) < 4.78 is 0. The van der Waals surface area contributed by atoms with Crippen LogP contribution in [-0.2, 0) is 0 Å². The molecule has 1 aromatic carbocycles. The van der Waals surface area contributed by atoms with Crippen molar-refractivity contribution in [3.05, 3.63) is 24.3 Å². The molecule has 0 aromatic heterocycles. The number of likely N-dealkylation sites (tertiary alicyclic amines) is 1. The van der Waals surface area contributed by atoms with E-state index >= 15 is 0 Å². The van der Waals surface area contributed by atoms with E-state index in [1.165, 1.54) is 70.9 Å². The van der Waals surface area contributed by atoms with Gasteiger partial charge in [-0.2, -0.15) is 0 Å². The van der Waals surface area contributed by atoms with Crippen molar-refractivity contribution in [1.29, 1.82) is 0 Å². The number of benzene rings is 1. The van der Waals surface area contributed by atoms with Crippen molar-refractivity contribution >= 4 is 28.1 Å². The first kappa shape index (κ1) is 18.7. The van der Waals surface area contributed by atoms with Crippen molar-refractivity contribution in [1.82, 2.24) is 4.90 Å². The Labute approximate surface area is 157 Å². The van der Waals surface area contributed by atoms with Crippen LogP contribution in [0.4, 0.5) is 11.4 Å². The average Bonchev–Trinajstić information content (AvgIpc) is 2.58. The number of halogens is 1. The number of anilines is 1. The van der Waals surface area contributed by atoms with E-state index < -0.39 is 0 Å². The smallest absolute Gasteiger partial charge is 0.107 e. The molecular weight excluding hydrogens is 330 g/mol. The Bertz CT molecular complexity index is 556. The molecule has 1 heterocycles. The molecule has 0 spiro atoms. The van der Waals surface area contributed by atoms with Crippen LogP contribution in [0, 0.1) is 5.92 Å². The summed E-state index contributed by atoms with van der Waals surface area (Å²) in [6.45, 7) is 2.46. The highest BCUT2D eigenvalue weighted by Crippen LogP contribution is 2.29. The maximum absolute atomic E-state index is 6.43. The SMILES string of the molecule is Nc1ccccc1N=C(Cl)CC1CCN(C2CCCCCCC2)CC1. The molecule has 138 valence electrons. The molecule has 1 saturated carbocycles. The van der Waals surface area contributed by atoms with Gasteiger partial charge in [0.15, 0.2) is 0 Å². The van der Waals surface area contributed by atoms with Crippen molar-refractivity contribution in [2.75, 3.05) is 18.8 Å². The van der Waals surface area contributed by atoms with Gasteiger partial charge >= 0.3 is 0 Å². The zero-order valence-corrected chi connectivity index (χ0v) is 16.1. The largest absolute Gasteiger partial charge is 0.397 e. The monoisotopic (exact) mass is 361 g/mol. The van der Waals surface area contributed by atoms with Crippen LogP contribution in [-0.4, -0.2) is 29.2 Å². The van der Waals surface area contributed by atoms with Gasteiger partial charge in [0, 0.05) is 12.5 Å². The fraction of sp³-hybridized carbons (Fsp3) is 0.667. The molecule has 0 amide bonds. The van der Waals surface area contributed by atoms with E-state index in [1.54, 1.807) is 0 Å². The maximum Gasteiger partial charge on any atom is 0.107 e. The number of para-hydroxylation sites is 2. The number of nitrogen functional groups attached to an aromatic ring is 1. The van der Waals surface area contributed by atoms with Gasteiger partial charge in [-0.05, 0) is 56.8 Å². The fourth-order valence-electron chi connectivity index (χ4n) is 4.33. The molecular formula is C21H32ClN3. The summed E-state index contributed by atoms with van der Waals surface area (Å²) in [5.41, 5.74) is 7.44. The molecule has 1 aliphatic heterocycles. The Hall–Kier alpha value is -1.06. The Balaban J connectivity index is 1.48. The second kappa shape index (κ2) is 9.59. The molecule has 0 bridgehead atoms. The van der Waals surface area contributed by atoms with E-state index in [1.807, 2.05) is 24.3 Å². The number of hydrogen-bond donors (Lipinski definition) is 1. The highest BCUT2D eigenvalue weighted by molar-refractivity contribution is 6.65. The number of aliphatic imine (C=N–C) groups is 1. The third-order valence-corrected chi connectivity index (χ3v) is 6.11. The van der Waals surface area contributed by atoms with Gasteiger partial charge in [0.25, 0.3) is 0 Å². The van der Waals surface area contributed by atoms with E-state index in [9.17, 15) is 0 Å². The zero-order chi connectivity index (χ0) is 17.5. The molecule has 2 fully saturated rings. The molecule has 1 aromatic rings. The highest BCUT2D eigenvalue weighted by atomic mass is 35.5. The summed E-state index contributed by atoms with van der Waals surface area (Å²) in [4.78, 5) is 7.28. The molecule has 1 aliphatic carbocycles. The lowest BCUT2D eigenvalue weighted by Crippen LogP contribution is -2.41. The molecule has 3 nitrogen and oxygen atoms in total. The van der Waals surface area contributed by atoms with Crippen molar-refractivity contribution < 1.29 is 0 Å². The minimum absolute atomic E-state index is 0.658. The molecule has 3 rings (SSSR count). The van der Waals surface area contributed by atoms with Crippen LogP contribution < -0.4 is 5.73 Å². The number of nitrogens with zero attached hydrogens (tertiary/aromatic N) is 2. The Morgan fingerprint density at radius 1 is 1.00 bits per heavy atom. The van der Waals surface area contributed by atoms with Crippen LogP contribution in [0.5, 0.6) is 0 Å². The Kier molecular flexibility index (Phi) is 7.18. The van der Waals surface area contributed by atoms with Gasteiger partial charge in [-0.15, -0.1) is 0 Å². The second-order valence-electron chi connectivity index (χ2n) is 7.73. The number of rotatable bonds is 4. The summed E-state index contributed by atoms with van der Waals surface area (Å²) in [5, 5.41) is 0.697. The molecule has 25 heavy (non-hydrogen) atoms. The molecule has 1 saturated heterocycles. The van der Waals surface area contributed by atoms with E-state index in [2.05, 4.69) is 9.89 Å². The highest BCUT2D eigenvalue weighted by Gasteiger charge is 2.25. The number of nitrogens with two attached hydrogens (primary N) is 1. The van der Waals surface area contributed by atoms with Crippen LogP contribution in [0.1, 0.15) is 64.2 Å². The van der Waals surface area contributed by atoms with Gasteiger partial charge in [-0.1, -0.05) is 55.8 Å². The summed E-state index contributed by atoms with van der Waals surface area (Å²) in [6, 6.07) is 8.50. The quantitative estimate of drug-likeness (QED) is 0.547. The van der Waals surface area contributed by atoms with Crippen LogP contribution >= 0.6 is 11.6 Å². The molecule has 0 unspecified atom stereocenters. The lowest BCUT2D eigenvalue weighted by atomic mass is 9.90. The predicted molar refractivity (Wildman–Crippen MR) is 109 cm³/mol. The summed E-state index contributed by atoms with van der Waals surface area (Å²) in [5.74, 6) is 0.658. The minimum Gasteiger partial charge on any atom is -0.397 e. The molecule has 2 aliphatic rings. The topological polar surface area (TPSA) is 41.6 Å².